The SMILES string of the molecule is CCNC(=O)c1cnn2c(=O)c3c(n(C)c12)CCN(Cc1ccccc1)C3. The van der Waals surface area contributed by atoms with Crippen molar-refractivity contribution in [1.29, 1.82) is 0 Å². The van der Waals surface area contributed by atoms with E-state index in [0.29, 0.717) is 24.3 Å². The molecule has 0 aliphatic carbocycles. The largest absolute Gasteiger partial charge is 0.352 e. The molecule has 140 valence electrons. The van der Waals surface area contributed by atoms with E-state index in [1.54, 1.807) is 0 Å². The van der Waals surface area contributed by atoms with Crippen LogP contribution in [0.3, 0.4) is 0 Å². The zero-order chi connectivity index (χ0) is 19.0. The van der Waals surface area contributed by atoms with Crippen LogP contribution in [0.1, 0.15) is 34.1 Å². The van der Waals surface area contributed by atoms with Crippen molar-refractivity contribution in [3.63, 3.8) is 0 Å². The number of hydrogen-bond acceptors (Lipinski definition) is 4. The first-order valence-corrected chi connectivity index (χ1v) is 9.23. The molecule has 1 N–H and O–H groups in total. The molecule has 7 nitrogen and oxygen atoms in total. The Balaban J connectivity index is 1.73. The van der Waals surface area contributed by atoms with Gasteiger partial charge in [0.1, 0.15) is 5.56 Å². The normalized spacial score (nSPS) is 14.3. The van der Waals surface area contributed by atoms with Gasteiger partial charge in [0.05, 0.1) is 11.8 Å². The lowest BCUT2D eigenvalue weighted by molar-refractivity contribution is 0.0957. The maximum absolute atomic E-state index is 13.0. The Kier molecular flexibility index (Phi) is 4.53. The molecular formula is C20H23N5O2. The summed E-state index contributed by atoms with van der Waals surface area (Å²) < 4.78 is 3.31. The summed E-state index contributed by atoms with van der Waals surface area (Å²) in [5.74, 6) is -0.205. The van der Waals surface area contributed by atoms with E-state index in [1.807, 2.05) is 36.7 Å². The number of fused-ring (bicyclic) bond motifs is 2. The maximum atomic E-state index is 13.0. The molecule has 3 aromatic rings. The van der Waals surface area contributed by atoms with E-state index in [1.165, 1.54) is 16.3 Å². The monoisotopic (exact) mass is 365 g/mol. The summed E-state index contributed by atoms with van der Waals surface area (Å²) in [4.78, 5) is 27.6. The highest BCUT2D eigenvalue weighted by atomic mass is 16.2. The van der Waals surface area contributed by atoms with Crippen molar-refractivity contribution in [2.75, 3.05) is 13.1 Å². The molecule has 1 amide bonds. The number of amides is 1. The Labute approximate surface area is 157 Å². The maximum Gasteiger partial charge on any atom is 0.279 e. The molecule has 1 aromatic carbocycles. The Bertz CT molecular complexity index is 1050. The van der Waals surface area contributed by atoms with Gasteiger partial charge in [0.15, 0.2) is 5.65 Å². The molecule has 0 fully saturated rings. The number of nitrogens with zero attached hydrogens (tertiary/aromatic N) is 4. The number of rotatable bonds is 4. The molecule has 0 radical (unpaired) electrons. The van der Waals surface area contributed by atoms with Crippen LogP contribution in [0.15, 0.2) is 41.3 Å². The third kappa shape index (κ3) is 3.04. The molecule has 1 aliphatic heterocycles. The van der Waals surface area contributed by atoms with E-state index in [9.17, 15) is 9.59 Å². The molecule has 3 heterocycles. The number of carbonyl (C=O) groups is 1. The van der Waals surface area contributed by atoms with Crippen LogP contribution >= 0.6 is 0 Å². The predicted molar refractivity (Wildman–Crippen MR) is 103 cm³/mol. The Morgan fingerprint density at radius 3 is 2.78 bits per heavy atom. The molecule has 0 unspecified atom stereocenters. The fraction of sp³-hybridized carbons (Fsp3) is 0.350. The molecular weight excluding hydrogens is 342 g/mol. The minimum absolute atomic E-state index is 0.133. The Hall–Kier alpha value is -2.93. The van der Waals surface area contributed by atoms with Crippen LogP contribution in [0.4, 0.5) is 0 Å². The van der Waals surface area contributed by atoms with Crippen LogP contribution < -0.4 is 10.9 Å². The van der Waals surface area contributed by atoms with Crippen LogP contribution in [0.5, 0.6) is 0 Å². The topological polar surface area (TPSA) is 71.6 Å². The number of carbonyl (C=O) groups excluding carboxylic acids is 1. The van der Waals surface area contributed by atoms with Gasteiger partial charge in [-0.3, -0.25) is 14.5 Å². The quantitative estimate of drug-likeness (QED) is 0.757. The summed E-state index contributed by atoms with van der Waals surface area (Å²) in [6.45, 7) is 4.67. The van der Waals surface area contributed by atoms with E-state index >= 15 is 0 Å². The van der Waals surface area contributed by atoms with Gasteiger partial charge in [-0.05, 0) is 12.5 Å². The van der Waals surface area contributed by atoms with Crippen LogP contribution in [-0.2, 0) is 26.6 Å². The van der Waals surface area contributed by atoms with Crippen LogP contribution in [0, 0.1) is 0 Å². The summed E-state index contributed by atoms with van der Waals surface area (Å²) in [6.07, 6.45) is 2.25. The van der Waals surface area contributed by atoms with Crippen LogP contribution in [-0.4, -0.2) is 38.1 Å². The van der Waals surface area contributed by atoms with Crippen molar-refractivity contribution in [1.82, 2.24) is 24.4 Å². The standard InChI is InChI=1S/C20H23N5O2/c1-3-21-18(26)15-11-22-25-19(15)23(2)17-9-10-24(13-16(17)20(25)27)12-14-7-5-4-6-8-14/h4-8,11H,3,9-10,12-13H2,1-2H3,(H,21,26). The molecule has 27 heavy (non-hydrogen) atoms. The van der Waals surface area contributed by atoms with E-state index < -0.39 is 0 Å². The van der Waals surface area contributed by atoms with Crippen molar-refractivity contribution in [3.05, 3.63) is 69.3 Å². The zero-order valence-corrected chi connectivity index (χ0v) is 15.6. The van der Waals surface area contributed by atoms with Crippen molar-refractivity contribution in [2.45, 2.75) is 26.4 Å². The first-order chi connectivity index (χ1) is 13.1. The molecule has 0 saturated carbocycles. The summed E-state index contributed by atoms with van der Waals surface area (Å²) in [5, 5.41) is 6.99. The summed E-state index contributed by atoms with van der Waals surface area (Å²) in [6, 6.07) is 10.3. The van der Waals surface area contributed by atoms with Crippen molar-refractivity contribution < 1.29 is 4.79 Å². The minimum atomic E-state index is -0.205. The molecule has 0 spiro atoms. The van der Waals surface area contributed by atoms with Gasteiger partial charge in [0.2, 0.25) is 0 Å². The van der Waals surface area contributed by atoms with E-state index in [4.69, 9.17) is 0 Å². The van der Waals surface area contributed by atoms with Crippen molar-refractivity contribution >= 4 is 11.6 Å². The number of nitrogens with one attached hydrogen (secondary N) is 1. The molecule has 7 heteroatoms. The highest BCUT2D eigenvalue weighted by Crippen LogP contribution is 2.20. The van der Waals surface area contributed by atoms with E-state index in [0.717, 1.165) is 30.8 Å². The first-order valence-electron chi connectivity index (χ1n) is 9.23. The lowest BCUT2D eigenvalue weighted by atomic mass is 10.1. The number of hydrogen-bond donors (Lipinski definition) is 1. The van der Waals surface area contributed by atoms with Gasteiger partial charge in [-0.15, -0.1) is 0 Å². The first kappa shape index (κ1) is 17.5. The van der Waals surface area contributed by atoms with E-state index in [-0.39, 0.29) is 11.5 Å². The lowest BCUT2D eigenvalue weighted by Crippen LogP contribution is -2.38. The zero-order valence-electron chi connectivity index (χ0n) is 15.6. The fourth-order valence-corrected chi connectivity index (χ4v) is 3.83. The second-order valence-corrected chi connectivity index (χ2v) is 6.89. The average molecular weight is 365 g/mol. The van der Waals surface area contributed by atoms with Crippen LogP contribution in [0.25, 0.3) is 5.65 Å². The number of aryl methyl sites for hydroxylation is 1. The molecule has 0 saturated heterocycles. The number of aromatic nitrogens is 3. The molecule has 4 rings (SSSR count). The molecule has 2 aromatic heterocycles. The number of benzene rings is 1. The fourth-order valence-electron chi connectivity index (χ4n) is 3.83. The van der Waals surface area contributed by atoms with Gasteiger partial charge in [-0.1, -0.05) is 30.3 Å². The third-order valence-electron chi connectivity index (χ3n) is 5.14. The molecule has 0 atom stereocenters. The summed E-state index contributed by atoms with van der Waals surface area (Å²) in [5.41, 5.74) is 3.84. The van der Waals surface area contributed by atoms with E-state index in [2.05, 4.69) is 27.4 Å². The predicted octanol–water partition coefficient (Wildman–Crippen LogP) is 1.34. The highest BCUT2D eigenvalue weighted by molar-refractivity contribution is 5.99. The second kappa shape index (κ2) is 7.00. The molecule has 0 bridgehead atoms. The highest BCUT2D eigenvalue weighted by Gasteiger charge is 2.26. The second-order valence-electron chi connectivity index (χ2n) is 6.89. The van der Waals surface area contributed by atoms with Crippen LogP contribution in [0.2, 0.25) is 0 Å². The van der Waals surface area contributed by atoms with Gasteiger partial charge < -0.3 is 9.88 Å². The van der Waals surface area contributed by atoms with Gasteiger partial charge >= 0.3 is 0 Å². The van der Waals surface area contributed by atoms with Gasteiger partial charge in [0, 0.05) is 45.3 Å². The summed E-state index contributed by atoms with van der Waals surface area (Å²) >= 11 is 0. The smallest absolute Gasteiger partial charge is 0.279 e. The van der Waals surface area contributed by atoms with Gasteiger partial charge in [-0.25, -0.2) is 0 Å². The minimum Gasteiger partial charge on any atom is -0.352 e. The Morgan fingerprint density at radius 2 is 2.04 bits per heavy atom. The van der Waals surface area contributed by atoms with Gasteiger partial charge in [0.25, 0.3) is 11.5 Å². The molecule has 1 aliphatic rings. The Morgan fingerprint density at radius 1 is 1.26 bits per heavy atom. The summed E-state index contributed by atoms with van der Waals surface area (Å²) in [7, 11) is 1.91. The third-order valence-corrected chi connectivity index (χ3v) is 5.14. The average Bonchev–Trinajstić information content (AvgIpc) is 3.13. The lowest BCUT2D eigenvalue weighted by Gasteiger charge is -2.29. The van der Waals surface area contributed by atoms with Crippen molar-refractivity contribution in [2.24, 2.45) is 7.05 Å². The van der Waals surface area contributed by atoms with Crippen molar-refractivity contribution in [3.8, 4) is 0 Å². The van der Waals surface area contributed by atoms with Gasteiger partial charge in [-0.2, -0.15) is 9.61 Å².